The van der Waals surface area contributed by atoms with E-state index >= 15 is 0 Å². The summed E-state index contributed by atoms with van der Waals surface area (Å²) in [4.78, 5) is 11.0. The molecule has 18 heavy (non-hydrogen) atoms. The largest absolute Gasteiger partial charge is 0.388 e. The first kappa shape index (κ1) is 13.2. The van der Waals surface area contributed by atoms with Crippen molar-refractivity contribution < 1.29 is 4.74 Å². The fraction of sp³-hybridized carbons (Fsp3) is 0.583. The van der Waals surface area contributed by atoms with E-state index in [1.54, 1.807) is 12.4 Å². The van der Waals surface area contributed by atoms with Gasteiger partial charge >= 0.3 is 0 Å². The lowest BCUT2D eigenvalue weighted by Crippen LogP contribution is -2.34. The van der Waals surface area contributed by atoms with Crippen LogP contribution in [0.25, 0.3) is 0 Å². The molecule has 1 atom stereocenters. The average Bonchev–Trinajstić information content (AvgIpc) is 2.88. The van der Waals surface area contributed by atoms with Crippen molar-refractivity contribution in [3.63, 3.8) is 0 Å². The van der Waals surface area contributed by atoms with Crippen LogP contribution < -0.4 is 10.6 Å². The molecule has 1 unspecified atom stereocenters. The van der Waals surface area contributed by atoms with Gasteiger partial charge in [0.15, 0.2) is 5.82 Å². The quantitative estimate of drug-likeness (QED) is 0.806. The van der Waals surface area contributed by atoms with E-state index in [0.29, 0.717) is 5.69 Å². The second-order valence-corrected chi connectivity index (χ2v) is 4.71. The number of anilines is 1. The van der Waals surface area contributed by atoms with Crippen molar-refractivity contribution >= 4 is 23.0 Å². The Kier molecular flexibility index (Phi) is 4.43. The number of aromatic nitrogens is 2. The normalized spacial score (nSPS) is 18.8. The molecule has 98 valence electrons. The molecule has 0 spiro atoms. The third-order valence-electron chi connectivity index (χ3n) is 3.04. The molecule has 1 fully saturated rings. The lowest BCUT2D eigenvalue weighted by Gasteiger charge is -2.26. The minimum Gasteiger partial charge on any atom is -0.388 e. The monoisotopic (exact) mass is 266 g/mol. The molecular formula is C12H18N4OS. The molecule has 1 aromatic rings. The van der Waals surface area contributed by atoms with Gasteiger partial charge in [-0.05, 0) is 19.8 Å². The Morgan fingerprint density at radius 2 is 2.33 bits per heavy atom. The number of nitrogens with two attached hydrogens (primary N) is 1. The molecule has 1 aliphatic rings. The molecule has 0 amide bonds. The number of ether oxygens (including phenoxy) is 1. The molecular weight excluding hydrogens is 248 g/mol. The zero-order valence-electron chi connectivity index (χ0n) is 10.5. The van der Waals surface area contributed by atoms with Crippen LogP contribution in [0.15, 0.2) is 12.4 Å². The lowest BCUT2D eigenvalue weighted by molar-refractivity contribution is 0.115. The molecule has 2 rings (SSSR count). The van der Waals surface area contributed by atoms with Crippen LogP contribution in [0.1, 0.15) is 25.5 Å². The van der Waals surface area contributed by atoms with Crippen molar-refractivity contribution in [1.82, 2.24) is 9.97 Å². The fourth-order valence-electron chi connectivity index (χ4n) is 2.14. The predicted molar refractivity (Wildman–Crippen MR) is 74.8 cm³/mol. The maximum Gasteiger partial charge on any atom is 0.157 e. The summed E-state index contributed by atoms with van der Waals surface area (Å²) in [6.07, 6.45) is 5.77. The van der Waals surface area contributed by atoms with Gasteiger partial charge in [0.25, 0.3) is 0 Å². The molecule has 0 bridgehead atoms. The van der Waals surface area contributed by atoms with Crippen LogP contribution in [0.3, 0.4) is 0 Å². The summed E-state index contributed by atoms with van der Waals surface area (Å²) >= 11 is 5.02. The predicted octanol–water partition coefficient (Wildman–Crippen LogP) is 1.12. The van der Waals surface area contributed by atoms with E-state index in [0.717, 1.165) is 38.4 Å². The van der Waals surface area contributed by atoms with Crippen molar-refractivity contribution in [2.75, 3.05) is 24.6 Å². The first-order valence-corrected chi connectivity index (χ1v) is 6.60. The van der Waals surface area contributed by atoms with Gasteiger partial charge in [0.1, 0.15) is 10.7 Å². The van der Waals surface area contributed by atoms with Crippen LogP contribution in [0, 0.1) is 0 Å². The minimum absolute atomic E-state index is 0.270. The highest BCUT2D eigenvalue weighted by atomic mass is 32.1. The summed E-state index contributed by atoms with van der Waals surface area (Å²) in [7, 11) is 0. The number of thiocarbonyl (C=S) groups is 1. The highest BCUT2D eigenvalue weighted by Gasteiger charge is 2.21. The lowest BCUT2D eigenvalue weighted by atomic mass is 10.2. The third-order valence-corrected chi connectivity index (χ3v) is 3.23. The van der Waals surface area contributed by atoms with E-state index in [4.69, 9.17) is 22.7 Å². The number of hydrogen-bond acceptors (Lipinski definition) is 5. The molecule has 0 radical (unpaired) electrons. The van der Waals surface area contributed by atoms with Gasteiger partial charge in [0.2, 0.25) is 0 Å². The van der Waals surface area contributed by atoms with Gasteiger partial charge in [0.05, 0.1) is 6.10 Å². The summed E-state index contributed by atoms with van der Waals surface area (Å²) in [5, 5.41) is 0. The second kappa shape index (κ2) is 6.06. The average molecular weight is 266 g/mol. The first-order valence-electron chi connectivity index (χ1n) is 6.19. The van der Waals surface area contributed by atoms with Crippen LogP contribution in [0.5, 0.6) is 0 Å². The van der Waals surface area contributed by atoms with Gasteiger partial charge in [0, 0.05) is 32.1 Å². The van der Waals surface area contributed by atoms with E-state index in [1.807, 2.05) is 0 Å². The van der Waals surface area contributed by atoms with Crippen LogP contribution in [-0.2, 0) is 4.74 Å². The summed E-state index contributed by atoms with van der Waals surface area (Å²) in [5.74, 6) is 0.753. The molecule has 1 saturated heterocycles. The molecule has 0 saturated carbocycles. The van der Waals surface area contributed by atoms with Crippen molar-refractivity contribution in [3.05, 3.63) is 18.1 Å². The number of likely N-dealkylation sites (N-methyl/N-ethyl adjacent to an activating group) is 1. The molecule has 6 heteroatoms. The smallest absolute Gasteiger partial charge is 0.157 e. The second-order valence-electron chi connectivity index (χ2n) is 4.27. The Bertz CT molecular complexity index is 420. The zero-order chi connectivity index (χ0) is 13.0. The van der Waals surface area contributed by atoms with E-state index < -0.39 is 0 Å². The molecule has 2 N–H and O–H groups in total. The van der Waals surface area contributed by atoms with Crippen molar-refractivity contribution in [2.45, 2.75) is 25.9 Å². The number of nitrogens with zero attached hydrogens (tertiary/aromatic N) is 3. The van der Waals surface area contributed by atoms with Crippen molar-refractivity contribution in [3.8, 4) is 0 Å². The molecule has 1 aromatic heterocycles. The summed E-state index contributed by atoms with van der Waals surface area (Å²) in [6, 6.07) is 0. The Labute approximate surface area is 112 Å². The van der Waals surface area contributed by atoms with Gasteiger partial charge in [-0.15, -0.1) is 0 Å². The molecule has 0 aromatic carbocycles. The molecule has 1 aliphatic heterocycles. The summed E-state index contributed by atoms with van der Waals surface area (Å²) < 4.78 is 5.65. The maximum absolute atomic E-state index is 5.69. The molecule has 5 nitrogen and oxygen atoms in total. The SMILES string of the molecule is CCN(CC1CCCO1)c1nccnc1C(N)=S. The van der Waals surface area contributed by atoms with Gasteiger partial charge in [-0.1, -0.05) is 12.2 Å². The van der Waals surface area contributed by atoms with Crippen LogP contribution in [0.4, 0.5) is 5.82 Å². The summed E-state index contributed by atoms with van der Waals surface area (Å²) in [5.41, 5.74) is 6.28. The molecule has 0 aliphatic carbocycles. The van der Waals surface area contributed by atoms with Crippen LogP contribution >= 0.6 is 12.2 Å². The Balaban J connectivity index is 2.18. The Morgan fingerprint density at radius 1 is 1.56 bits per heavy atom. The standard InChI is InChI=1S/C12H18N4OS/c1-2-16(8-9-4-3-7-17-9)12-10(11(13)18)14-5-6-15-12/h5-6,9H,2-4,7-8H2,1H3,(H2,13,18). The van der Waals surface area contributed by atoms with Gasteiger partial charge in [-0.25, -0.2) is 9.97 Å². The number of hydrogen-bond donors (Lipinski definition) is 1. The fourth-order valence-corrected chi connectivity index (χ4v) is 2.28. The summed E-state index contributed by atoms with van der Waals surface area (Å²) in [6.45, 7) is 4.57. The highest BCUT2D eigenvalue weighted by molar-refractivity contribution is 7.80. The van der Waals surface area contributed by atoms with E-state index in [1.165, 1.54) is 0 Å². The zero-order valence-corrected chi connectivity index (χ0v) is 11.3. The maximum atomic E-state index is 5.69. The van der Waals surface area contributed by atoms with Gasteiger partial charge < -0.3 is 15.4 Å². The molecule has 2 heterocycles. The third kappa shape index (κ3) is 2.94. The Hall–Kier alpha value is -1.27. The van der Waals surface area contributed by atoms with E-state index in [2.05, 4.69) is 21.8 Å². The topological polar surface area (TPSA) is 64.3 Å². The van der Waals surface area contributed by atoms with Crippen molar-refractivity contribution in [2.24, 2.45) is 5.73 Å². The van der Waals surface area contributed by atoms with Gasteiger partial charge in [-0.2, -0.15) is 0 Å². The Morgan fingerprint density at radius 3 is 2.94 bits per heavy atom. The van der Waals surface area contributed by atoms with Gasteiger partial charge in [-0.3, -0.25) is 0 Å². The minimum atomic E-state index is 0.270. The first-order chi connectivity index (χ1) is 8.72. The highest BCUT2D eigenvalue weighted by Crippen LogP contribution is 2.19. The van der Waals surface area contributed by atoms with E-state index in [9.17, 15) is 0 Å². The van der Waals surface area contributed by atoms with Crippen LogP contribution in [0.2, 0.25) is 0 Å². The number of rotatable bonds is 5. The van der Waals surface area contributed by atoms with E-state index in [-0.39, 0.29) is 11.1 Å². The van der Waals surface area contributed by atoms with Crippen LogP contribution in [-0.4, -0.2) is 40.8 Å². The van der Waals surface area contributed by atoms with Crippen molar-refractivity contribution in [1.29, 1.82) is 0 Å².